The van der Waals surface area contributed by atoms with Crippen LogP contribution in [0.4, 0.5) is 0 Å². The molecule has 2 aromatic heterocycles. The monoisotopic (exact) mass is 374 g/mol. The Morgan fingerprint density at radius 2 is 2.08 bits per heavy atom. The summed E-state index contributed by atoms with van der Waals surface area (Å²) in [7, 11) is 0. The molecular weight excluding hydrogens is 352 g/mol. The first-order valence-electron chi connectivity index (χ1n) is 8.53. The van der Waals surface area contributed by atoms with Crippen molar-refractivity contribution in [2.75, 3.05) is 12.4 Å². The molecule has 0 aliphatic heterocycles. The number of benzene rings is 1. The van der Waals surface area contributed by atoms with Crippen LogP contribution < -0.4 is 5.56 Å². The SMILES string of the molecule is CCc1cc2c(=O)n(CCc3ccccc3)c(SCCCO)nc2s1. The third-order valence-corrected chi connectivity index (χ3v) is 6.25. The second-order valence-corrected chi connectivity index (χ2v) is 7.97. The van der Waals surface area contributed by atoms with Crippen LogP contribution in [-0.2, 0) is 19.4 Å². The molecule has 2 heterocycles. The number of rotatable bonds is 8. The number of thiophene rings is 1. The van der Waals surface area contributed by atoms with Crippen LogP contribution in [0.15, 0.2) is 46.3 Å². The van der Waals surface area contributed by atoms with Gasteiger partial charge in [-0.05, 0) is 30.9 Å². The molecule has 3 rings (SSSR count). The molecule has 0 aliphatic rings. The number of aromatic nitrogens is 2. The molecule has 0 fully saturated rings. The van der Waals surface area contributed by atoms with E-state index in [9.17, 15) is 4.79 Å². The van der Waals surface area contributed by atoms with Gasteiger partial charge in [-0.25, -0.2) is 4.98 Å². The third-order valence-electron chi connectivity index (χ3n) is 4.02. The number of hydrogen-bond donors (Lipinski definition) is 1. The van der Waals surface area contributed by atoms with E-state index in [-0.39, 0.29) is 12.2 Å². The van der Waals surface area contributed by atoms with Gasteiger partial charge in [0.15, 0.2) is 5.16 Å². The molecule has 0 amide bonds. The maximum Gasteiger partial charge on any atom is 0.262 e. The molecule has 0 atom stereocenters. The van der Waals surface area contributed by atoms with Gasteiger partial charge < -0.3 is 5.11 Å². The van der Waals surface area contributed by atoms with E-state index in [2.05, 4.69) is 19.1 Å². The predicted octanol–water partition coefficient (Wildman–Crippen LogP) is 3.74. The van der Waals surface area contributed by atoms with Crippen molar-refractivity contribution in [3.8, 4) is 0 Å². The van der Waals surface area contributed by atoms with Gasteiger partial charge >= 0.3 is 0 Å². The van der Waals surface area contributed by atoms with Gasteiger partial charge in [-0.1, -0.05) is 49.0 Å². The quantitative estimate of drug-likeness (QED) is 0.371. The van der Waals surface area contributed by atoms with Crippen molar-refractivity contribution in [3.05, 3.63) is 57.2 Å². The average molecular weight is 375 g/mol. The van der Waals surface area contributed by atoms with Crippen molar-refractivity contribution in [1.82, 2.24) is 9.55 Å². The summed E-state index contributed by atoms with van der Waals surface area (Å²) in [6.07, 6.45) is 2.41. The van der Waals surface area contributed by atoms with Gasteiger partial charge in [-0.3, -0.25) is 9.36 Å². The van der Waals surface area contributed by atoms with Gasteiger partial charge in [0.05, 0.1) is 5.39 Å². The Morgan fingerprint density at radius 3 is 2.80 bits per heavy atom. The molecule has 0 spiro atoms. The van der Waals surface area contributed by atoms with Gasteiger partial charge in [0, 0.05) is 23.8 Å². The fourth-order valence-electron chi connectivity index (χ4n) is 2.64. The molecule has 4 nitrogen and oxygen atoms in total. The van der Waals surface area contributed by atoms with E-state index in [1.807, 2.05) is 24.3 Å². The summed E-state index contributed by atoms with van der Waals surface area (Å²) in [6, 6.07) is 12.2. The lowest BCUT2D eigenvalue weighted by atomic mass is 10.1. The van der Waals surface area contributed by atoms with Gasteiger partial charge in [0.2, 0.25) is 0 Å². The van der Waals surface area contributed by atoms with E-state index in [0.717, 1.165) is 34.0 Å². The van der Waals surface area contributed by atoms with Crippen LogP contribution in [-0.4, -0.2) is 27.0 Å². The topological polar surface area (TPSA) is 55.1 Å². The number of aliphatic hydroxyl groups is 1. The third kappa shape index (κ3) is 4.32. The minimum absolute atomic E-state index is 0.0448. The van der Waals surface area contributed by atoms with Crippen LogP contribution in [0.25, 0.3) is 10.2 Å². The second kappa shape index (κ2) is 8.65. The number of aliphatic hydroxyl groups excluding tert-OH is 1. The van der Waals surface area contributed by atoms with Gasteiger partial charge in [0.25, 0.3) is 5.56 Å². The first-order chi connectivity index (χ1) is 12.2. The number of fused-ring (bicyclic) bond motifs is 1. The van der Waals surface area contributed by atoms with Crippen molar-refractivity contribution in [1.29, 1.82) is 0 Å². The maximum absolute atomic E-state index is 13.0. The second-order valence-electron chi connectivity index (χ2n) is 5.80. The van der Waals surface area contributed by atoms with Crippen LogP contribution in [0.5, 0.6) is 0 Å². The molecule has 1 aromatic carbocycles. The van der Waals surface area contributed by atoms with E-state index in [1.165, 1.54) is 10.4 Å². The van der Waals surface area contributed by atoms with Crippen LogP contribution in [0, 0.1) is 0 Å². The zero-order valence-electron chi connectivity index (χ0n) is 14.3. The lowest BCUT2D eigenvalue weighted by Gasteiger charge is -2.11. The number of aryl methyl sites for hydroxylation is 2. The highest BCUT2D eigenvalue weighted by Crippen LogP contribution is 2.25. The molecule has 0 bridgehead atoms. The molecular formula is C19H22N2O2S2. The van der Waals surface area contributed by atoms with Crippen LogP contribution in [0.2, 0.25) is 0 Å². The van der Waals surface area contributed by atoms with Crippen molar-refractivity contribution >= 4 is 33.3 Å². The lowest BCUT2D eigenvalue weighted by Crippen LogP contribution is -2.24. The summed E-state index contributed by atoms with van der Waals surface area (Å²) in [5.41, 5.74) is 1.25. The Kier molecular flexibility index (Phi) is 6.29. The highest BCUT2D eigenvalue weighted by Gasteiger charge is 2.14. The zero-order valence-corrected chi connectivity index (χ0v) is 15.9. The Labute approximate surface area is 155 Å². The molecule has 6 heteroatoms. The van der Waals surface area contributed by atoms with Crippen molar-refractivity contribution in [2.24, 2.45) is 0 Å². The van der Waals surface area contributed by atoms with Crippen molar-refractivity contribution in [3.63, 3.8) is 0 Å². The summed E-state index contributed by atoms with van der Waals surface area (Å²) in [4.78, 5) is 19.8. The maximum atomic E-state index is 13.0. The molecule has 132 valence electrons. The summed E-state index contributed by atoms with van der Waals surface area (Å²) in [5.74, 6) is 0.756. The lowest BCUT2D eigenvalue weighted by molar-refractivity contribution is 0.296. The van der Waals surface area contributed by atoms with Crippen molar-refractivity contribution in [2.45, 2.75) is 37.9 Å². The molecule has 0 saturated carbocycles. The zero-order chi connectivity index (χ0) is 17.6. The summed E-state index contributed by atoms with van der Waals surface area (Å²) >= 11 is 3.15. The fourth-order valence-corrected chi connectivity index (χ4v) is 4.60. The van der Waals surface area contributed by atoms with E-state index in [1.54, 1.807) is 27.7 Å². The standard InChI is InChI=1S/C19H22N2O2S2/c1-2-15-13-16-17(25-15)20-19(24-12-6-11-22)21(18(16)23)10-9-14-7-4-3-5-8-14/h3-5,7-8,13,22H,2,6,9-12H2,1H3. The van der Waals surface area contributed by atoms with E-state index >= 15 is 0 Å². The van der Waals surface area contributed by atoms with E-state index < -0.39 is 0 Å². The number of hydrogen-bond acceptors (Lipinski definition) is 5. The van der Waals surface area contributed by atoms with Crippen LogP contribution >= 0.6 is 23.1 Å². The Hall–Kier alpha value is -1.63. The molecule has 25 heavy (non-hydrogen) atoms. The van der Waals surface area contributed by atoms with E-state index in [0.29, 0.717) is 13.0 Å². The van der Waals surface area contributed by atoms with Crippen LogP contribution in [0.3, 0.4) is 0 Å². The Bertz CT molecular complexity index is 888. The summed E-state index contributed by atoms with van der Waals surface area (Å²) in [6.45, 7) is 2.86. The fraction of sp³-hybridized carbons (Fsp3) is 0.368. The number of nitrogens with zero attached hydrogens (tertiary/aromatic N) is 2. The van der Waals surface area contributed by atoms with Gasteiger partial charge in [-0.15, -0.1) is 11.3 Å². The van der Waals surface area contributed by atoms with Crippen molar-refractivity contribution < 1.29 is 5.11 Å². The minimum Gasteiger partial charge on any atom is -0.396 e. The predicted molar refractivity (Wildman–Crippen MR) is 106 cm³/mol. The molecule has 0 saturated heterocycles. The molecule has 1 N–H and O–H groups in total. The molecule has 0 aliphatic carbocycles. The van der Waals surface area contributed by atoms with E-state index in [4.69, 9.17) is 10.1 Å². The average Bonchev–Trinajstić information content (AvgIpc) is 3.06. The highest BCUT2D eigenvalue weighted by molar-refractivity contribution is 7.99. The smallest absolute Gasteiger partial charge is 0.262 e. The first kappa shape index (κ1) is 18.2. The highest BCUT2D eigenvalue weighted by atomic mass is 32.2. The molecule has 3 aromatic rings. The summed E-state index contributed by atoms with van der Waals surface area (Å²) in [5, 5.41) is 10.5. The molecule has 0 radical (unpaired) electrons. The van der Waals surface area contributed by atoms with Crippen LogP contribution in [0.1, 0.15) is 23.8 Å². The Morgan fingerprint density at radius 1 is 1.28 bits per heavy atom. The Balaban J connectivity index is 1.95. The van der Waals surface area contributed by atoms with Gasteiger partial charge in [0.1, 0.15) is 4.83 Å². The van der Waals surface area contributed by atoms with Gasteiger partial charge in [-0.2, -0.15) is 0 Å². The summed E-state index contributed by atoms with van der Waals surface area (Å²) < 4.78 is 1.80. The molecule has 0 unspecified atom stereocenters. The first-order valence-corrected chi connectivity index (χ1v) is 10.3. The normalized spacial score (nSPS) is 11.3. The largest absolute Gasteiger partial charge is 0.396 e. The minimum atomic E-state index is 0.0448. The number of thioether (sulfide) groups is 1.